The van der Waals surface area contributed by atoms with Crippen LogP contribution in [0.2, 0.25) is 0 Å². The highest BCUT2D eigenvalue weighted by molar-refractivity contribution is 5.84. The maximum Gasteiger partial charge on any atom is 0.330 e. The lowest BCUT2D eigenvalue weighted by atomic mass is 10.5. The predicted octanol–water partition coefficient (Wildman–Crippen LogP) is -1.75. The number of anilines is 2. The number of hydrogen-bond acceptors (Lipinski definition) is 7. The molecule has 0 aliphatic heterocycles. The Hall–Kier alpha value is -2.13. The molecule has 98 valence electrons. The van der Waals surface area contributed by atoms with Crippen LogP contribution in [0.1, 0.15) is 0 Å². The number of rotatable bonds is 4. The Balaban J connectivity index is 2.81. The second kappa shape index (κ2) is 4.63. The number of nitrogen functional groups attached to an aromatic ring is 1. The van der Waals surface area contributed by atoms with Crippen molar-refractivity contribution in [1.29, 1.82) is 0 Å². The van der Waals surface area contributed by atoms with Crippen molar-refractivity contribution >= 4 is 22.9 Å². The molecule has 9 heteroatoms. The molecule has 18 heavy (non-hydrogen) atoms. The first-order valence-corrected chi connectivity index (χ1v) is 5.36. The number of nitrogens with zero attached hydrogens (tertiary/aromatic N) is 4. The Morgan fingerprint density at radius 1 is 1.44 bits per heavy atom. The summed E-state index contributed by atoms with van der Waals surface area (Å²) >= 11 is 0. The Morgan fingerprint density at radius 3 is 2.78 bits per heavy atom. The van der Waals surface area contributed by atoms with Gasteiger partial charge in [0.25, 0.3) is 0 Å². The van der Waals surface area contributed by atoms with E-state index in [0.717, 1.165) is 0 Å². The Labute approximate surface area is 102 Å². The van der Waals surface area contributed by atoms with E-state index in [2.05, 4.69) is 20.8 Å². The summed E-state index contributed by atoms with van der Waals surface area (Å²) in [6.45, 7) is 0.00331. The molecule has 0 aliphatic carbocycles. The number of imidazole rings is 1. The highest BCUT2D eigenvalue weighted by Gasteiger charge is 2.17. The van der Waals surface area contributed by atoms with E-state index in [1.165, 1.54) is 9.13 Å². The molecule has 2 aromatic rings. The molecule has 0 unspecified atom stereocenters. The zero-order chi connectivity index (χ0) is 13.3. The van der Waals surface area contributed by atoms with Gasteiger partial charge in [0.2, 0.25) is 5.95 Å². The molecule has 0 saturated carbocycles. The van der Waals surface area contributed by atoms with E-state index in [0.29, 0.717) is 17.0 Å². The van der Waals surface area contributed by atoms with Gasteiger partial charge in [0, 0.05) is 14.1 Å². The normalized spacial score (nSPS) is 11.1. The van der Waals surface area contributed by atoms with Crippen LogP contribution in [0, 0.1) is 0 Å². The summed E-state index contributed by atoms with van der Waals surface area (Å²) in [4.78, 5) is 20.1. The van der Waals surface area contributed by atoms with Crippen molar-refractivity contribution in [2.24, 2.45) is 7.05 Å². The third-order valence-electron chi connectivity index (χ3n) is 2.56. The van der Waals surface area contributed by atoms with Crippen molar-refractivity contribution in [2.75, 3.05) is 24.8 Å². The van der Waals surface area contributed by atoms with Gasteiger partial charge in [0.1, 0.15) is 5.52 Å². The molecule has 2 aromatic heterocycles. The van der Waals surface area contributed by atoms with Crippen molar-refractivity contribution in [3.63, 3.8) is 0 Å². The van der Waals surface area contributed by atoms with Crippen LogP contribution in [-0.2, 0) is 13.6 Å². The number of nitrogens with two attached hydrogens (primary N) is 1. The van der Waals surface area contributed by atoms with Gasteiger partial charge >= 0.3 is 5.69 Å². The summed E-state index contributed by atoms with van der Waals surface area (Å²) in [5.41, 5.74) is 11.8. The first-order chi connectivity index (χ1) is 8.60. The highest BCUT2D eigenvalue weighted by atomic mass is 16.3. The van der Waals surface area contributed by atoms with Crippen molar-refractivity contribution < 1.29 is 5.11 Å². The first-order valence-electron chi connectivity index (χ1n) is 5.36. The van der Waals surface area contributed by atoms with Crippen LogP contribution in [0.5, 0.6) is 0 Å². The largest absolute Gasteiger partial charge is 0.395 e. The fourth-order valence-electron chi connectivity index (χ4n) is 1.83. The second-order valence-electron chi connectivity index (χ2n) is 3.69. The first kappa shape index (κ1) is 12.3. The molecule has 0 atom stereocenters. The number of aryl methyl sites for hydroxylation is 1. The summed E-state index contributed by atoms with van der Waals surface area (Å²) in [5.74, 6) is 0.467. The van der Waals surface area contributed by atoms with Gasteiger partial charge in [-0.3, -0.25) is 9.13 Å². The second-order valence-corrected chi connectivity index (χ2v) is 3.69. The average Bonchev–Trinajstić information content (AvgIpc) is 2.55. The number of nitrogens with one attached hydrogen (secondary N) is 2. The van der Waals surface area contributed by atoms with Gasteiger partial charge < -0.3 is 16.3 Å². The van der Waals surface area contributed by atoms with Gasteiger partial charge in [0.05, 0.1) is 13.2 Å². The van der Waals surface area contributed by atoms with Crippen LogP contribution in [0.25, 0.3) is 11.2 Å². The number of fused-ring (bicyclic) bond motifs is 1. The molecule has 0 fully saturated rings. The summed E-state index contributed by atoms with van der Waals surface area (Å²) in [5, 5.41) is 8.98. The van der Waals surface area contributed by atoms with Gasteiger partial charge in [-0.05, 0) is 0 Å². The zero-order valence-corrected chi connectivity index (χ0v) is 10.1. The molecule has 2 heterocycles. The fourth-order valence-corrected chi connectivity index (χ4v) is 1.83. The lowest BCUT2D eigenvalue weighted by molar-refractivity contribution is 0.275. The van der Waals surface area contributed by atoms with Gasteiger partial charge in [-0.1, -0.05) is 0 Å². The lowest BCUT2D eigenvalue weighted by Crippen LogP contribution is -2.23. The zero-order valence-electron chi connectivity index (χ0n) is 10.1. The van der Waals surface area contributed by atoms with E-state index in [1.807, 2.05) is 0 Å². The summed E-state index contributed by atoms with van der Waals surface area (Å²) < 4.78 is 2.76. The standard InChI is InChI=1S/C9H15N7O2/c1-11-14-6-5-7(13-8(10)12-6)16(3-4-17)9(18)15(5)2/h11,17H,3-4H2,1-2H3,(H3,10,12,13,14). The van der Waals surface area contributed by atoms with Crippen molar-refractivity contribution in [3.8, 4) is 0 Å². The highest BCUT2D eigenvalue weighted by Crippen LogP contribution is 2.19. The Kier molecular flexibility index (Phi) is 3.17. The number of aliphatic hydroxyl groups is 1. The van der Waals surface area contributed by atoms with Crippen LogP contribution in [0.4, 0.5) is 11.8 Å². The molecule has 0 aromatic carbocycles. The third-order valence-corrected chi connectivity index (χ3v) is 2.56. The minimum Gasteiger partial charge on any atom is -0.395 e. The summed E-state index contributed by atoms with van der Waals surface area (Å²) in [6.07, 6.45) is 0. The van der Waals surface area contributed by atoms with E-state index < -0.39 is 0 Å². The molecule has 0 amide bonds. The molecule has 5 N–H and O–H groups in total. The van der Waals surface area contributed by atoms with Crippen LogP contribution in [-0.4, -0.2) is 37.9 Å². The molecule has 0 radical (unpaired) electrons. The van der Waals surface area contributed by atoms with Gasteiger partial charge in [-0.15, -0.1) is 0 Å². The maximum atomic E-state index is 12.0. The van der Waals surface area contributed by atoms with E-state index in [4.69, 9.17) is 10.8 Å². The summed E-state index contributed by atoms with van der Waals surface area (Å²) in [6, 6.07) is 0. The quantitative estimate of drug-likeness (QED) is 0.476. The monoisotopic (exact) mass is 253 g/mol. The molecular formula is C9H15N7O2. The maximum absolute atomic E-state index is 12.0. The Morgan fingerprint density at radius 2 is 2.17 bits per heavy atom. The minimum atomic E-state index is -0.280. The molecule has 0 bridgehead atoms. The molecule has 0 spiro atoms. The predicted molar refractivity (Wildman–Crippen MR) is 66.9 cm³/mol. The molecule has 9 nitrogen and oxygen atoms in total. The number of hydrazine groups is 1. The Bertz CT molecular complexity index is 630. The van der Waals surface area contributed by atoms with E-state index in [9.17, 15) is 4.79 Å². The summed E-state index contributed by atoms with van der Waals surface area (Å²) in [7, 11) is 3.28. The van der Waals surface area contributed by atoms with Crippen molar-refractivity contribution in [1.82, 2.24) is 24.5 Å². The fraction of sp³-hybridized carbons (Fsp3) is 0.444. The minimum absolute atomic E-state index is 0.0533. The van der Waals surface area contributed by atoms with Gasteiger partial charge in [-0.2, -0.15) is 9.97 Å². The van der Waals surface area contributed by atoms with E-state index in [1.54, 1.807) is 14.1 Å². The number of aromatic nitrogens is 4. The molecule has 2 rings (SSSR count). The van der Waals surface area contributed by atoms with Crippen LogP contribution < -0.4 is 22.3 Å². The van der Waals surface area contributed by atoms with Crippen LogP contribution in [0.3, 0.4) is 0 Å². The average molecular weight is 253 g/mol. The third kappa shape index (κ3) is 1.79. The smallest absolute Gasteiger partial charge is 0.330 e. The molecule has 0 aliphatic rings. The lowest BCUT2D eigenvalue weighted by Gasteiger charge is -2.06. The van der Waals surface area contributed by atoms with Gasteiger partial charge in [-0.25, -0.2) is 10.2 Å². The van der Waals surface area contributed by atoms with E-state index >= 15 is 0 Å². The SMILES string of the molecule is CNNc1nc(N)nc2c1n(C)c(=O)n2CCO. The van der Waals surface area contributed by atoms with Crippen molar-refractivity contribution in [2.45, 2.75) is 6.54 Å². The van der Waals surface area contributed by atoms with Crippen LogP contribution in [0.15, 0.2) is 4.79 Å². The molecular weight excluding hydrogens is 238 g/mol. The van der Waals surface area contributed by atoms with E-state index in [-0.39, 0.29) is 24.8 Å². The van der Waals surface area contributed by atoms with Crippen molar-refractivity contribution in [3.05, 3.63) is 10.5 Å². The van der Waals surface area contributed by atoms with Gasteiger partial charge in [0.15, 0.2) is 11.5 Å². The number of hydrogen-bond donors (Lipinski definition) is 4. The topological polar surface area (TPSA) is 123 Å². The number of aliphatic hydroxyl groups excluding tert-OH is 1. The molecule has 0 saturated heterocycles. The van der Waals surface area contributed by atoms with Crippen LogP contribution >= 0.6 is 0 Å².